The average Bonchev–Trinajstić information content (AvgIpc) is 2.93. The van der Waals surface area contributed by atoms with E-state index >= 15 is 0 Å². The highest BCUT2D eigenvalue weighted by atomic mass is 32.2. The Bertz CT molecular complexity index is 1620. The van der Waals surface area contributed by atoms with E-state index in [4.69, 9.17) is 18.9 Å². The first-order valence-electron chi connectivity index (χ1n) is 12.2. The minimum Gasteiger partial charge on any atom is -0.497 e. The lowest BCUT2D eigenvalue weighted by Crippen LogP contribution is -2.32. The third-order valence-electron chi connectivity index (χ3n) is 6.22. The molecule has 0 saturated heterocycles. The lowest BCUT2D eigenvalue weighted by molar-refractivity contribution is 0.171. The molecule has 0 fully saturated rings. The summed E-state index contributed by atoms with van der Waals surface area (Å²) in [5, 5.41) is 0.742. The number of H-pyrrole nitrogens is 1. The third-order valence-corrected chi connectivity index (χ3v) is 8.01. The van der Waals surface area contributed by atoms with Crippen LogP contribution in [-0.4, -0.2) is 44.6 Å². The highest BCUT2D eigenvalue weighted by Crippen LogP contribution is 2.34. The van der Waals surface area contributed by atoms with Crippen molar-refractivity contribution >= 4 is 20.9 Å². The Morgan fingerprint density at radius 3 is 2.37 bits per heavy atom. The van der Waals surface area contributed by atoms with Gasteiger partial charge in [0.25, 0.3) is 5.56 Å². The van der Waals surface area contributed by atoms with Gasteiger partial charge in [0.15, 0.2) is 11.5 Å². The Kier molecular flexibility index (Phi) is 7.26. The molecule has 0 spiro atoms. The number of methoxy groups -OCH3 is 1. The van der Waals surface area contributed by atoms with Crippen molar-refractivity contribution in [2.45, 2.75) is 24.9 Å². The number of nitrogens with one attached hydrogen (secondary N) is 1. The molecule has 2 heterocycles. The second kappa shape index (κ2) is 10.8. The van der Waals surface area contributed by atoms with Crippen LogP contribution in [0.2, 0.25) is 0 Å². The van der Waals surface area contributed by atoms with E-state index in [1.54, 1.807) is 55.6 Å². The van der Waals surface area contributed by atoms with Crippen molar-refractivity contribution in [1.29, 1.82) is 0 Å². The zero-order valence-corrected chi connectivity index (χ0v) is 21.9. The summed E-state index contributed by atoms with van der Waals surface area (Å²) in [6.45, 7) is 3.03. The molecular formula is C28H28N2O7S. The zero-order valence-electron chi connectivity index (χ0n) is 21.1. The fraction of sp³-hybridized carbons (Fsp3) is 0.250. The van der Waals surface area contributed by atoms with Gasteiger partial charge in [-0.05, 0) is 61.0 Å². The summed E-state index contributed by atoms with van der Waals surface area (Å²) >= 11 is 0. The normalized spacial score (nSPS) is 13.0. The van der Waals surface area contributed by atoms with Gasteiger partial charge in [-0.1, -0.05) is 12.1 Å². The minimum atomic E-state index is -4.04. The average molecular weight is 537 g/mol. The van der Waals surface area contributed by atoms with E-state index in [0.717, 1.165) is 10.9 Å². The Morgan fingerprint density at radius 1 is 0.895 bits per heavy atom. The smallest absolute Gasteiger partial charge is 0.252 e. The maximum absolute atomic E-state index is 13.9. The third kappa shape index (κ3) is 5.32. The summed E-state index contributed by atoms with van der Waals surface area (Å²) in [5.74, 6) is 2.18. The van der Waals surface area contributed by atoms with Crippen LogP contribution in [0.25, 0.3) is 10.9 Å². The lowest BCUT2D eigenvalue weighted by atomic mass is 10.1. The molecule has 5 rings (SSSR count). The first kappa shape index (κ1) is 25.6. The molecule has 0 saturated carbocycles. The van der Waals surface area contributed by atoms with E-state index in [1.165, 1.54) is 16.4 Å². The van der Waals surface area contributed by atoms with E-state index in [1.807, 2.05) is 13.0 Å². The summed E-state index contributed by atoms with van der Waals surface area (Å²) < 4.78 is 51.1. The van der Waals surface area contributed by atoms with Gasteiger partial charge in [-0.25, -0.2) is 8.42 Å². The Morgan fingerprint density at radius 2 is 1.63 bits per heavy atom. The van der Waals surface area contributed by atoms with Crippen molar-refractivity contribution in [2.75, 3.05) is 26.9 Å². The second-order valence-corrected chi connectivity index (χ2v) is 10.7. The number of ether oxygens (including phenoxy) is 4. The maximum atomic E-state index is 13.9. The van der Waals surface area contributed by atoms with Crippen LogP contribution in [0.3, 0.4) is 0 Å². The first-order valence-corrected chi connectivity index (χ1v) is 13.6. The second-order valence-electron chi connectivity index (χ2n) is 8.73. The van der Waals surface area contributed by atoms with Crippen LogP contribution >= 0.6 is 0 Å². The van der Waals surface area contributed by atoms with Gasteiger partial charge >= 0.3 is 0 Å². The Labute approximate surface area is 220 Å². The van der Waals surface area contributed by atoms with Crippen molar-refractivity contribution in [3.05, 3.63) is 88.2 Å². The standard InChI is InChI=1S/C28H28N2O7S/c1-3-35-23-8-10-25-20(15-23)14-21(28(31)29-25)18-30(17-19-4-6-22(34-2)7-5-19)38(32,33)24-9-11-26-27(16-24)37-13-12-36-26/h4-11,14-16H,3,12-13,17-18H2,1-2H3,(H,29,31). The molecule has 1 aromatic heterocycles. The number of sulfonamides is 1. The molecular weight excluding hydrogens is 508 g/mol. The number of pyridine rings is 1. The number of hydrogen-bond acceptors (Lipinski definition) is 7. The molecule has 1 N–H and O–H groups in total. The largest absolute Gasteiger partial charge is 0.497 e. The molecule has 10 heteroatoms. The van der Waals surface area contributed by atoms with Gasteiger partial charge in [-0.3, -0.25) is 4.79 Å². The molecule has 0 atom stereocenters. The molecule has 1 aliphatic rings. The highest BCUT2D eigenvalue weighted by Gasteiger charge is 2.28. The molecule has 9 nitrogen and oxygen atoms in total. The van der Waals surface area contributed by atoms with Gasteiger partial charge < -0.3 is 23.9 Å². The molecule has 0 aliphatic carbocycles. The molecule has 3 aromatic carbocycles. The predicted molar refractivity (Wildman–Crippen MR) is 143 cm³/mol. The molecule has 1 aliphatic heterocycles. The minimum absolute atomic E-state index is 0.0389. The fourth-order valence-corrected chi connectivity index (χ4v) is 5.71. The number of fused-ring (bicyclic) bond motifs is 2. The van der Waals surface area contributed by atoms with Crippen LogP contribution in [-0.2, 0) is 23.1 Å². The van der Waals surface area contributed by atoms with Crippen molar-refractivity contribution in [3.63, 3.8) is 0 Å². The maximum Gasteiger partial charge on any atom is 0.252 e. The van der Waals surface area contributed by atoms with E-state index in [9.17, 15) is 13.2 Å². The summed E-state index contributed by atoms with van der Waals surface area (Å²) in [7, 11) is -2.48. The fourth-order valence-electron chi connectivity index (χ4n) is 4.29. The highest BCUT2D eigenvalue weighted by molar-refractivity contribution is 7.89. The van der Waals surface area contributed by atoms with Crippen LogP contribution in [0.15, 0.2) is 76.4 Å². The van der Waals surface area contributed by atoms with Gasteiger partial charge in [0.2, 0.25) is 10.0 Å². The molecule has 4 aromatic rings. The van der Waals surface area contributed by atoms with Gasteiger partial charge in [0.05, 0.1) is 18.6 Å². The van der Waals surface area contributed by atoms with Crippen molar-refractivity contribution in [2.24, 2.45) is 0 Å². The van der Waals surface area contributed by atoms with Gasteiger partial charge in [-0.2, -0.15) is 4.31 Å². The van der Waals surface area contributed by atoms with Crippen molar-refractivity contribution in [3.8, 4) is 23.0 Å². The Hall–Kier alpha value is -4.02. The quantitative estimate of drug-likeness (QED) is 0.343. The van der Waals surface area contributed by atoms with Crippen LogP contribution < -0.4 is 24.5 Å². The molecule has 0 amide bonds. The van der Waals surface area contributed by atoms with Crippen LogP contribution in [0.1, 0.15) is 18.1 Å². The van der Waals surface area contributed by atoms with Gasteiger partial charge in [-0.15, -0.1) is 0 Å². The van der Waals surface area contributed by atoms with Crippen molar-refractivity contribution in [1.82, 2.24) is 9.29 Å². The van der Waals surface area contributed by atoms with Crippen LogP contribution in [0.4, 0.5) is 0 Å². The summed E-state index contributed by atoms with van der Waals surface area (Å²) in [5.41, 5.74) is 1.32. The van der Waals surface area contributed by atoms with Gasteiger partial charge in [0, 0.05) is 35.6 Å². The number of aromatic nitrogens is 1. The van der Waals surface area contributed by atoms with Crippen LogP contribution in [0.5, 0.6) is 23.0 Å². The number of rotatable bonds is 9. The lowest BCUT2D eigenvalue weighted by Gasteiger charge is -2.24. The van der Waals surface area contributed by atoms with E-state index < -0.39 is 10.0 Å². The van der Waals surface area contributed by atoms with Crippen LogP contribution in [0, 0.1) is 0 Å². The van der Waals surface area contributed by atoms with Gasteiger partial charge in [0.1, 0.15) is 24.7 Å². The summed E-state index contributed by atoms with van der Waals surface area (Å²) in [6, 6.07) is 18.7. The molecule has 198 valence electrons. The van der Waals surface area contributed by atoms with E-state index in [-0.39, 0.29) is 23.5 Å². The predicted octanol–water partition coefficient (Wildman–Crippen LogP) is 4.10. The van der Waals surface area contributed by atoms with E-state index in [0.29, 0.717) is 53.9 Å². The first-order chi connectivity index (χ1) is 18.4. The number of nitrogens with zero attached hydrogens (tertiary/aromatic N) is 1. The zero-order chi connectivity index (χ0) is 26.7. The number of benzene rings is 3. The number of hydrogen-bond donors (Lipinski definition) is 1. The summed E-state index contributed by atoms with van der Waals surface area (Å²) in [6.07, 6.45) is 0. The molecule has 0 radical (unpaired) electrons. The molecule has 38 heavy (non-hydrogen) atoms. The topological polar surface area (TPSA) is 107 Å². The SMILES string of the molecule is CCOc1ccc2[nH]c(=O)c(CN(Cc3ccc(OC)cc3)S(=O)(=O)c3ccc4c(c3)OCCO4)cc2c1. The molecule has 0 unspecified atom stereocenters. The monoisotopic (exact) mass is 536 g/mol. The van der Waals surface area contributed by atoms with Crippen molar-refractivity contribution < 1.29 is 27.4 Å². The summed E-state index contributed by atoms with van der Waals surface area (Å²) in [4.78, 5) is 15.9. The number of aromatic amines is 1. The Balaban J connectivity index is 1.54. The van der Waals surface area contributed by atoms with E-state index in [2.05, 4.69) is 4.98 Å². The molecule has 0 bridgehead atoms.